The van der Waals surface area contributed by atoms with E-state index < -0.39 is 23.8 Å². The monoisotopic (exact) mass is 437 g/mol. The smallest absolute Gasteiger partial charge is 0.257 e. The summed E-state index contributed by atoms with van der Waals surface area (Å²) in [4.78, 5) is 53.7. The van der Waals surface area contributed by atoms with Crippen LogP contribution in [0.15, 0.2) is 47.1 Å². The number of benzene rings is 1. The molecule has 8 nitrogen and oxygen atoms in total. The molecule has 168 valence electrons. The van der Waals surface area contributed by atoms with E-state index in [9.17, 15) is 19.2 Å². The Kier molecular flexibility index (Phi) is 4.99. The van der Waals surface area contributed by atoms with E-state index in [-0.39, 0.29) is 41.2 Å². The van der Waals surface area contributed by atoms with Crippen molar-refractivity contribution in [3.8, 4) is 0 Å². The van der Waals surface area contributed by atoms with Crippen molar-refractivity contribution >= 4 is 29.3 Å². The topological polar surface area (TPSA) is 114 Å². The Balaban J connectivity index is 1.64. The number of hydrogen-bond acceptors (Lipinski definition) is 5. The Bertz CT molecular complexity index is 1070. The number of imide groups is 1. The Labute approximate surface area is 186 Å². The first-order valence-electron chi connectivity index (χ1n) is 10.6. The number of nitrogens with zero attached hydrogens (tertiary/aromatic N) is 2. The van der Waals surface area contributed by atoms with Gasteiger partial charge in [-0.25, -0.2) is 4.90 Å². The van der Waals surface area contributed by atoms with Crippen LogP contribution in [0.1, 0.15) is 50.2 Å². The van der Waals surface area contributed by atoms with Gasteiger partial charge in [0, 0.05) is 11.5 Å². The summed E-state index contributed by atoms with van der Waals surface area (Å²) in [6.07, 6.45) is 1.40. The fourth-order valence-electron chi connectivity index (χ4n) is 4.80. The number of carbonyl (C=O) groups is 4. The summed E-state index contributed by atoms with van der Waals surface area (Å²) in [5, 5.41) is 0. The molecule has 2 N–H and O–H groups in total. The molecule has 0 bridgehead atoms. The van der Waals surface area contributed by atoms with E-state index in [2.05, 4.69) is 0 Å². The molecular formula is C24H27N3O5. The van der Waals surface area contributed by atoms with E-state index in [1.165, 1.54) is 35.4 Å². The van der Waals surface area contributed by atoms with Crippen LogP contribution in [0, 0.1) is 16.7 Å². The summed E-state index contributed by atoms with van der Waals surface area (Å²) in [6, 6.07) is 8.47. The fourth-order valence-corrected chi connectivity index (χ4v) is 4.80. The number of carbonyl (C=O) groups excluding carboxylic acids is 4. The Hall–Kier alpha value is -3.42. The van der Waals surface area contributed by atoms with Crippen LogP contribution in [-0.2, 0) is 20.9 Å². The van der Waals surface area contributed by atoms with Crippen molar-refractivity contribution < 1.29 is 23.6 Å². The van der Waals surface area contributed by atoms with Crippen LogP contribution in [0.5, 0.6) is 0 Å². The SMILES string of the molecule is CC1(C)C(C(=O)N(Cc2ccco2)C2CC(=O)N(c3ccc(C(N)=O)cc3)C2=O)C1(C)C. The first-order chi connectivity index (χ1) is 15.0. The average molecular weight is 437 g/mol. The van der Waals surface area contributed by atoms with Crippen molar-refractivity contribution in [2.45, 2.75) is 46.7 Å². The molecule has 2 fully saturated rings. The van der Waals surface area contributed by atoms with Crippen LogP contribution >= 0.6 is 0 Å². The first kappa shape index (κ1) is 21.8. The maximum Gasteiger partial charge on any atom is 0.257 e. The minimum absolute atomic E-state index is 0.104. The van der Waals surface area contributed by atoms with Crippen LogP contribution in [0.4, 0.5) is 5.69 Å². The molecule has 2 aliphatic rings. The molecule has 1 saturated carbocycles. The van der Waals surface area contributed by atoms with Gasteiger partial charge in [-0.2, -0.15) is 0 Å². The highest BCUT2D eigenvalue weighted by Gasteiger charge is 2.69. The lowest BCUT2D eigenvalue weighted by atomic mass is 10.0. The Morgan fingerprint density at radius 1 is 1.09 bits per heavy atom. The van der Waals surface area contributed by atoms with E-state index in [1.54, 1.807) is 12.1 Å². The third-order valence-electron chi connectivity index (χ3n) is 7.37. The van der Waals surface area contributed by atoms with Crippen LogP contribution in [0.3, 0.4) is 0 Å². The summed E-state index contributed by atoms with van der Waals surface area (Å²) < 4.78 is 5.44. The highest BCUT2D eigenvalue weighted by atomic mass is 16.3. The van der Waals surface area contributed by atoms with E-state index in [0.29, 0.717) is 11.4 Å². The van der Waals surface area contributed by atoms with E-state index in [0.717, 1.165) is 4.90 Å². The van der Waals surface area contributed by atoms with E-state index in [4.69, 9.17) is 10.2 Å². The van der Waals surface area contributed by atoms with Gasteiger partial charge in [-0.1, -0.05) is 27.7 Å². The molecule has 4 amide bonds. The highest BCUT2D eigenvalue weighted by Crippen LogP contribution is 2.69. The Morgan fingerprint density at radius 3 is 2.22 bits per heavy atom. The van der Waals surface area contributed by atoms with Gasteiger partial charge in [0.1, 0.15) is 11.8 Å². The molecule has 1 aliphatic heterocycles. The van der Waals surface area contributed by atoms with Crippen LogP contribution in [-0.4, -0.2) is 34.6 Å². The number of amides is 4. The second-order valence-corrected chi connectivity index (χ2v) is 9.62. The third kappa shape index (κ3) is 3.30. The predicted molar refractivity (Wildman–Crippen MR) is 116 cm³/mol. The van der Waals surface area contributed by atoms with Gasteiger partial charge >= 0.3 is 0 Å². The minimum atomic E-state index is -0.928. The highest BCUT2D eigenvalue weighted by molar-refractivity contribution is 6.23. The molecule has 2 heterocycles. The van der Waals surface area contributed by atoms with Crippen molar-refractivity contribution in [3.63, 3.8) is 0 Å². The van der Waals surface area contributed by atoms with Crippen molar-refractivity contribution in [2.24, 2.45) is 22.5 Å². The standard InChI is InChI=1S/C24H27N3O5/c1-23(2)19(24(23,3)4)22(31)26(13-16-6-5-11-32-16)17-12-18(28)27(21(17)30)15-9-7-14(8-10-15)20(25)29/h5-11,17,19H,12-13H2,1-4H3,(H2,25,29). The molecule has 2 aromatic rings. The van der Waals surface area contributed by atoms with Crippen LogP contribution < -0.4 is 10.6 Å². The second-order valence-electron chi connectivity index (χ2n) is 9.62. The summed E-state index contributed by atoms with van der Waals surface area (Å²) in [5.41, 5.74) is 5.44. The number of anilines is 1. The maximum absolute atomic E-state index is 13.6. The largest absolute Gasteiger partial charge is 0.467 e. The molecular weight excluding hydrogens is 410 g/mol. The van der Waals surface area contributed by atoms with Gasteiger partial charge in [-0.15, -0.1) is 0 Å². The molecule has 1 aromatic heterocycles. The number of nitrogens with two attached hydrogens (primary N) is 1. The molecule has 1 aromatic carbocycles. The lowest BCUT2D eigenvalue weighted by Crippen LogP contribution is -2.46. The summed E-state index contributed by atoms with van der Waals surface area (Å²) in [6.45, 7) is 8.25. The van der Waals surface area contributed by atoms with Crippen LogP contribution in [0.2, 0.25) is 0 Å². The van der Waals surface area contributed by atoms with Crippen molar-refractivity contribution in [1.29, 1.82) is 0 Å². The van der Waals surface area contributed by atoms with Gasteiger partial charge in [0.25, 0.3) is 5.91 Å². The zero-order valence-corrected chi connectivity index (χ0v) is 18.6. The number of hydrogen-bond donors (Lipinski definition) is 1. The Morgan fingerprint density at radius 2 is 1.72 bits per heavy atom. The molecule has 4 rings (SSSR count). The summed E-state index contributed by atoms with van der Waals surface area (Å²) in [5.74, 6) is -1.36. The summed E-state index contributed by atoms with van der Waals surface area (Å²) in [7, 11) is 0. The van der Waals surface area contributed by atoms with E-state index >= 15 is 0 Å². The molecule has 0 radical (unpaired) electrons. The van der Waals surface area contributed by atoms with Crippen molar-refractivity contribution in [2.75, 3.05) is 4.90 Å². The quantitative estimate of drug-likeness (QED) is 0.698. The zero-order chi connectivity index (χ0) is 23.4. The van der Waals surface area contributed by atoms with Gasteiger partial charge in [0.2, 0.25) is 17.7 Å². The van der Waals surface area contributed by atoms with Crippen molar-refractivity contribution in [1.82, 2.24) is 4.90 Å². The fraction of sp³-hybridized carbons (Fsp3) is 0.417. The van der Waals surface area contributed by atoms with E-state index in [1.807, 2.05) is 27.7 Å². The molecule has 1 saturated heterocycles. The van der Waals surface area contributed by atoms with Gasteiger partial charge in [-0.05, 0) is 47.2 Å². The third-order valence-corrected chi connectivity index (χ3v) is 7.37. The number of rotatable bonds is 6. The second kappa shape index (κ2) is 7.32. The minimum Gasteiger partial charge on any atom is -0.467 e. The van der Waals surface area contributed by atoms with Gasteiger partial charge in [0.15, 0.2) is 0 Å². The normalized spacial score (nSPS) is 21.6. The zero-order valence-electron chi connectivity index (χ0n) is 18.6. The molecule has 1 atom stereocenters. The van der Waals surface area contributed by atoms with Gasteiger partial charge < -0.3 is 15.1 Å². The average Bonchev–Trinajstić information content (AvgIpc) is 3.14. The lowest BCUT2D eigenvalue weighted by molar-refractivity contribution is -0.141. The molecule has 0 spiro atoms. The lowest BCUT2D eigenvalue weighted by Gasteiger charge is -2.28. The van der Waals surface area contributed by atoms with Crippen LogP contribution in [0.25, 0.3) is 0 Å². The molecule has 1 aliphatic carbocycles. The summed E-state index contributed by atoms with van der Waals surface area (Å²) >= 11 is 0. The number of primary amides is 1. The molecule has 32 heavy (non-hydrogen) atoms. The number of furan rings is 1. The molecule has 1 unspecified atom stereocenters. The van der Waals surface area contributed by atoms with Gasteiger partial charge in [-0.3, -0.25) is 19.2 Å². The first-order valence-corrected chi connectivity index (χ1v) is 10.6. The van der Waals surface area contributed by atoms with Gasteiger partial charge in [0.05, 0.1) is 24.9 Å². The maximum atomic E-state index is 13.6. The molecule has 8 heteroatoms. The predicted octanol–water partition coefficient (Wildman–Crippen LogP) is 2.72. The van der Waals surface area contributed by atoms with Crippen molar-refractivity contribution in [3.05, 3.63) is 54.0 Å².